The molecule has 1 unspecified atom stereocenters. The molecule has 86 valence electrons. The third kappa shape index (κ3) is 3.31. The predicted molar refractivity (Wildman–Crippen MR) is 68.0 cm³/mol. The lowest BCUT2D eigenvalue weighted by molar-refractivity contribution is -0.119. The van der Waals surface area contributed by atoms with Gasteiger partial charge in [0, 0.05) is 8.95 Å². The molecule has 4 nitrogen and oxygen atoms in total. The van der Waals surface area contributed by atoms with Crippen molar-refractivity contribution in [3.8, 4) is 0 Å². The van der Waals surface area contributed by atoms with Crippen molar-refractivity contribution >= 4 is 43.7 Å². The predicted octanol–water partition coefficient (Wildman–Crippen LogP) is 1.82. The Bertz CT molecular complexity index is 435. The Balaban J connectivity index is 2.85. The lowest BCUT2D eigenvalue weighted by Crippen LogP contribution is -2.42. The summed E-state index contributed by atoms with van der Waals surface area (Å²) in [6.45, 7) is 1.53. The molecule has 0 bridgehead atoms. The summed E-state index contributed by atoms with van der Waals surface area (Å²) in [6, 6.07) is 4.46. The van der Waals surface area contributed by atoms with Crippen LogP contribution in [0.4, 0.5) is 0 Å². The SMILES string of the molecule is CC(NC(=O)c1ccc(Br)cc1Br)C(N)=O. The van der Waals surface area contributed by atoms with Gasteiger partial charge in [-0.1, -0.05) is 15.9 Å². The van der Waals surface area contributed by atoms with Gasteiger partial charge in [-0.3, -0.25) is 9.59 Å². The van der Waals surface area contributed by atoms with Crippen molar-refractivity contribution in [3.05, 3.63) is 32.7 Å². The van der Waals surface area contributed by atoms with E-state index in [4.69, 9.17) is 5.73 Å². The van der Waals surface area contributed by atoms with E-state index in [9.17, 15) is 9.59 Å². The molecule has 0 fully saturated rings. The van der Waals surface area contributed by atoms with E-state index in [-0.39, 0.29) is 5.91 Å². The number of carbonyl (C=O) groups is 2. The Kier molecular flexibility index (Phi) is 4.49. The maximum atomic E-state index is 11.7. The summed E-state index contributed by atoms with van der Waals surface area (Å²) in [5.74, 6) is -0.910. The van der Waals surface area contributed by atoms with Crippen LogP contribution in [-0.4, -0.2) is 17.9 Å². The Morgan fingerprint density at radius 1 is 1.38 bits per heavy atom. The number of primary amides is 1. The normalized spacial score (nSPS) is 11.9. The van der Waals surface area contributed by atoms with Gasteiger partial charge in [-0.2, -0.15) is 0 Å². The minimum absolute atomic E-state index is 0.342. The summed E-state index contributed by atoms with van der Waals surface area (Å²) in [6.07, 6.45) is 0. The highest BCUT2D eigenvalue weighted by Gasteiger charge is 2.15. The molecule has 0 aliphatic rings. The van der Waals surface area contributed by atoms with Gasteiger partial charge in [0.1, 0.15) is 6.04 Å². The van der Waals surface area contributed by atoms with Crippen molar-refractivity contribution in [1.29, 1.82) is 0 Å². The van der Waals surface area contributed by atoms with E-state index in [2.05, 4.69) is 37.2 Å². The molecule has 1 aromatic rings. The molecule has 3 N–H and O–H groups in total. The zero-order valence-electron chi connectivity index (χ0n) is 8.46. The van der Waals surface area contributed by atoms with Crippen molar-refractivity contribution in [1.82, 2.24) is 5.32 Å². The first kappa shape index (κ1) is 13.2. The maximum Gasteiger partial charge on any atom is 0.253 e. The second-order valence-corrected chi connectivity index (χ2v) is 4.99. The minimum Gasteiger partial charge on any atom is -0.368 e. The summed E-state index contributed by atoms with van der Waals surface area (Å²) < 4.78 is 1.51. The van der Waals surface area contributed by atoms with Crippen LogP contribution in [0.25, 0.3) is 0 Å². The minimum atomic E-state index is -0.692. The molecular weight excluding hydrogens is 340 g/mol. The van der Waals surface area contributed by atoms with E-state index in [0.29, 0.717) is 10.0 Å². The van der Waals surface area contributed by atoms with Gasteiger partial charge in [0.2, 0.25) is 5.91 Å². The lowest BCUT2D eigenvalue weighted by Gasteiger charge is -2.11. The smallest absolute Gasteiger partial charge is 0.253 e. The van der Waals surface area contributed by atoms with E-state index in [1.54, 1.807) is 18.2 Å². The summed E-state index contributed by atoms with van der Waals surface area (Å²) in [5, 5.41) is 2.50. The van der Waals surface area contributed by atoms with Crippen molar-refractivity contribution in [3.63, 3.8) is 0 Å². The van der Waals surface area contributed by atoms with E-state index < -0.39 is 11.9 Å². The van der Waals surface area contributed by atoms with Crippen LogP contribution in [0.15, 0.2) is 27.1 Å². The zero-order chi connectivity index (χ0) is 12.3. The molecule has 2 amide bonds. The van der Waals surface area contributed by atoms with Crippen LogP contribution in [0.1, 0.15) is 17.3 Å². The topological polar surface area (TPSA) is 72.2 Å². The van der Waals surface area contributed by atoms with Crippen molar-refractivity contribution in [2.75, 3.05) is 0 Å². The monoisotopic (exact) mass is 348 g/mol. The average molecular weight is 350 g/mol. The first-order valence-corrected chi connectivity index (χ1v) is 6.05. The molecule has 0 heterocycles. The molecule has 0 aromatic heterocycles. The summed E-state index contributed by atoms with van der Waals surface area (Å²) in [4.78, 5) is 22.5. The van der Waals surface area contributed by atoms with E-state index >= 15 is 0 Å². The first-order chi connectivity index (χ1) is 7.41. The van der Waals surface area contributed by atoms with Crippen molar-refractivity contribution < 1.29 is 9.59 Å². The molecule has 0 saturated carbocycles. The van der Waals surface area contributed by atoms with Crippen LogP contribution in [0.5, 0.6) is 0 Å². The van der Waals surface area contributed by atoms with E-state index in [0.717, 1.165) is 4.47 Å². The Morgan fingerprint density at radius 2 is 2.00 bits per heavy atom. The third-order valence-electron chi connectivity index (χ3n) is 1.95. The highest BCUT2D eigenvalue weighted by Crippen LogP contribution is 2.21. The van der Waals surface area contributed by atoms with Gasteiger partial charge in [0.25, 0.3) is 5.91 Å². The van der Waals surface area contributed by atoms with Gasteiger partial charge in [0.15, 0.2) is 0 Å². The maximum absolute atomic E-state index is 11.7. The number of nitrogens with one attached hydrogen (secondary N) is 1. The van der Waals surface area contributed by atoms with Gasteiger partial charge in [0.05, 0.1) is 5.56 Å². The van der Waals surface area contributed by atoms with Crippen molar-refractivity contribution in [2.45, 2.75) is 13.0 Å². The molecule has 0 saturated heterocycles. The molecule has 1 atom stereocenters. The number of carbonyl (C=O) groups excluding carboxylic acids is 2. The molecule has 1 aromatic carbocycles. The number of benzene rings is 1. The van der Waals surface area contributed by atoms with Crippen LogP contribution in [0.2, 0.25) is 0 Å². The molecule has 0 radical (unpaired) electrons. The van der Waals surface area contributed by atoms with E-state index in [1.165, 1.54) is 6.92 Å². The number of nitrogens with two attached hydrogens (primary N) is 1. The fraction of sp³-hybridized carbons (Fsp3) is 0.200. The molecule has 16 heavy (non-hydrogen) atoms. The quantitative estimate of drug-likeness (QED) is 0.873. The van der Waals surface area contributed by atoms with Gasteiger partial charge >= 0.3 is 0 Å². The highest BCUT2D eigenvalue weighted by atomic mass is 79.9. The molecule has 0 spiro atoms. The van der Waals surface area contributed by atoms with Crippen molar-refractivity contribution in [2.24, 2.45) is 5.73 Å². The van der Waals surface area contributed by atoms with Crippen LogP contribution in [0, 0.1) is 0 Å². The van der Waals surface area contributed by atoms with Crippen LogP contribution in [-0.2, 0) is 4.79 Å². The largest absolute Gasteiger partial charge is 0.368 e. The van der Waals surface area contributed by atoms with Gasteiger partial charge < -0.3 is 11.1 Å². The Hall–Kier alpha value is -0.880. The second-order valence-electron chi connectivity index (χ2n) is 3.22. The van der Waals surface area contributed by atoms with Crippen LogP contribution < -0.4 is 11.1 Å². The lowest BCUT2D eigenvalue weighted by atomic mass is 10.2. The second kappa shape index (κ2) is 5.45. The summed E-state index contributed by atoms with van der Waals surface area (Å²) >= 11 is 6.55. The fourth-order valence-corrected chi connectivity index (χ4v) is 2.25. The standard InChI is InChI=1S/C10H10Br2N2O2/c1-5(9(13)15)14-10(16)7-3-2-6(11)4-8(7)12/h2-5H,1H3,(H2,13,15)(H,14,16). The number of rotatable bonds is 3. The number of halogens is 2. The summed E-state index contributed by atoms with van der Waals surface area (Å²) in [5.41, 5.74) is 5.51. The highest BCUT2D eigenvalue weighted by molar-refractivity contribution is 9.11. The molecule has 0 aliphatic carbocycles. The molecular formula is C10H10Br2N2O2. The average Bonchev–Trinajstić information content (AvgIpc) is 2.16. The molecule has 6 heteroatoms. The molecule has 1 rings (SSSR count). The molecule has 0 aliphatic heterocycles. The first-order valence-electron chi connectivity index (χ1n) is 4.47. The Labute approximate surface area is 110 Å². The van der Waals surface area contributed by atoms with E-state index in [1.807, 2.05) is 0 Å². The van der Waals surface area contributed by atoms with Gasteiger partial charge in [-0.15, -0.1) is 0 Å². The fourth-order valence-electron chi connectivity index (χ4n) is 1.02. The van der Waals surface area contributed by atoms with Gasteiger partial charge in [-0.05, 0) is 41.1 Å². The summed E-state index contributed by atoms with van der Waals surface area (Å²) in [7, 11) is 0. The van der Waals surface area contributed by atoms with Crippen LogP contribution >= 0.6 is 31.9 Å². The Morgan fingerprint density at radius 3 is 2.50 bits per heavy atom. The number of hydrogen-bond acceptors (Lipinski definition) is 2. The van der Waals surface area contributed by atoms with Crippen LogP contribution in [0.3, 0.4) is 0 Å². The number of hydrogen-bond donors (Lipinski definition) is 2. The zero-order valence-corrected chi connectivity index (χ0v) is 11.6. The number of amides is 2. The third-order valence-corrected chi connectivity index (χ3v) is 3.10. The van der Waals surface area contributed by atoms with Gasteiger partial charge in [-0.25, -0.2) is 0 Å².